The van der Waals surface area contributed by atoms with Crippen molar-refractivity contribution in [3.63, 3.8) is 0 Å². The lowest BCUT2D eigenvalue weighted by Gasteiger charge is -2.36. The first-order chi connectivity index (χ1) is 17.0. The number of piperidine rings is 1. The Kier molecular flexibility index (Phi) is 8.81. The molecule has 1 aromatic carbocycles. The van der Waals surface area contributed by atoms with Gasteiger partial charge in [0.05, 0.1) is 23.6 Å². The molecule has 2 atom stereocenters. The Hall–Kier alpha value is -2.42. The van der Waals surface area contributed by atoms with Gasteiger partial charge in [0.15, 0.2) is 5.82 Å². The van der Waals surface area contributed by atoms with Crippen LogP contribution in [0.3, 0.4) is 0 Å². The Morgan fingerprint density at radius 3 is 2.97 bits per heavy atom. The maximum Gasteiger partial charge on any atom is 0.308 e. The van der Waals surface area contributed by atoms with E-state index in [1.165, 1.54) is 17.8 Å². The quantitative estimate of drug-likeness (QED) is 0.352. The lowest BCUT2D eigenvalue weighted by atomic mass is 9.81. The average Bonchev–Trinajstić information content (AvgIpc) is 2.86. The summed E-state index contributed by atoms with van der Waals surface area (Å²) >= 11 is 7.85. The number of aromatic nitrogens is 2. The molecule has 35 heavy (non-hydrogen) atoms. The van der Waals surface area contributed by atoms with Gasteiger partial charge in [-0.2, -0.15) is 0 Å². The number of carbonyl (C=O) groups is 1. The van der Waals surface area contributed by atoms with Crippen LogP contribution in [-0.2, 0) is 11.2 Å². The zero-order chi connectivity index (χ0) is 24.8. The summed E-state index contributed by atoms with van der Waals surface area (Å²) in [7, 11) is 1.63. The van der Waals surface area contributed by atoms with E-state index in [-0.39, 0.29) is 11.7 Å². The van der Waals surface area contributed by atoms with Crippen molar-refractivity contribution in [3.8, 4) is 5.75 Å². The van der Waals surface area contributed by atoms with Crippen molar-refractivity contribution in [2.45, 2.75) is 30.7 Å². The van der Waals surface area contributed by atoms with Crippen LogP contribution in [0.15, 0.2) is 47.8 Å². The third-order valence-corrected chi connectivity index (χ3v) is 7.95. The largest absolute Gasteiger partial charge is 0.497 e. The van der Waals surface area contributed by atoms with Crippen LogP contribution >= 0.6 is 23.4 Å². The predicted octanol–water partition coefficient (Wildman–Crippen LogP) is 5.57. The Morgan fingerprint density at radius 2 is 2.20 bits per heavy atom. The minimum absolute atomic E-state index is 0.117. The van der Waals surface area contributed by atoms with E-state index >= 15 is 0 Å². The van der Waals surface area contributed by atoms with Gasteiger partial charge in [-0.15, -0.1) is 11.8 Å². The molecular weight excluding hydrogens is 489 g/mol. The molecule has 1 fully saturated rings. The molecule has 1 aliphatic rings. The van der Waals surface area contributed by atoms with Gasteiger partial charge in [-0.25, -0.2) is 9.37 Å². The van der Waals surface area contributed by atoms with Crippen LogP contribution in [-0.4, -0.2) is 58.4 Å². The van der Waals surface area contributed by atoms with Crippen LogP contribution in [0.4, 0.5) is 4.39 Å². The fraction of sp³-hybridized carbons (Fsp3) is 0.423. The van der Waals surface area contributed by atoms with Crippen LogP contribution in [0, 0.1) is 17.7 Å². The molecular formula is C26H29ClFN3O3S. The molecule has 0 aliphatic carbocycles. The summed E-state index contributed by atoms with van der Waals surface area (Å²) in [5.74, 6) is 0.0590. The Bertz CT molecular complexity index is 1180. The summed E-state index contributed by atoms with van der Waals surface area (Å²) in [4.78, 5) is 22.7. The molecule has 1 saturated heterocycles. The monoisotopic (exact) mass is 517 g/mol. The molecule has 1 aliphatic heterocycles. The molecule has 9 heteroatoms. The minimum atomic E-state index is -0.750. The van der Waals surface area contributed by atoms with Gasteiger partial charge >= 0.3 is 5.97 Å². The van der Waals surface area contributed by atoms with Gasteiger partial charge in [0.1, 0.15) is 10.8 Å². The highest BCUT2D eigenvalue weighted by atomic mass is 35.5. The second-order valence-corrected chi connectivity index (χ2v) is 10.3. The number of benzene rings is 1. The number of carboxylic acids is 1. The van der Waals surface area contributed by atoms with Crippen molar-refractivity contribution >= 4 is 40.2 Å². The van der Waals surface area contributed by atoms with Crippen molar-refractivity contribution in [2.75, 3.05) is 32.5 Å². The Labute approximate surface area is 213 Å². The van der Waals surface area contributed by atoms with E-state index in [1.54, 1.807) is 25.6 Å². The number of hydrogen-bond acceptors (Lipinski definition) is 6. The van der Waals surface area contributed by atoms with E-state index in [9.17, 15) is 14.3 Å². The first-order valence-electron chi connectivity index (χ1n) is 11.8. The molecule has 2 aromatic heterocycles. The molecule has 0 radical (unpaired) electrons. The average molecular weight is 518 g/mol. The Morgan fingerprint density at radius 1 is 1.34 bits per heavy atom. The molecule has 2 unspecified atom stereocenters. The topological polar surface area (TPSA) is 75.5 Å². The van der Waals surface area contributed by atoms with E-state index in [2.05, 4.69) is 14.9 Å². The fourth-order valence-electron chi connectivity index (χ4n) is 4.77. The number of pyridine rings is 2. The number of nitrogens with zero attached hydrogens (tertiary/aromatic N) is 3. The Balaban J connectivity index is 1.33. The summed E-state index contributed by atoms with van der Waals surface area (Å²) in [6, 6.07) is 8.73. The molecule has 3 aromatic rings. The van der Waals surface area contributed by atoms with E-state index in [4.69, 9.17) is 16.3 Å². The second kappa shape index (κ2) is 12.0. The molecule has 3 heterocycles. The van der Waals surface area contributed by atoms with Gasteiger partial charge in [-0.05, 0) is 74.0 Å². The normalized spacial score (nSPS) is 18.6. The maximum absolute atomic E-state index is 13.8. The molecule has 0 bridgehead atoms. The number of thioether (sulfide) groups is 1. The van der Waals surface area contributed by atoms with Crippen molar-refractivity contribution < 1.29 is 19.0 Å². The van der Waals surface area contributed by atoms with Crippen LogP contribution in [0.2, 0.25) is 5.02 Å². The van der Waals surface area contributed by atoms with E-state index < -0.39 is 11.9 Å². The lowest BCUT2D eigenvalue weighted by Crippen LogP contribution is -2.44. The van der Waals surface area contributed by atoms with Crippen LogP contribution in [0.5, 0.6) is 5.75 Å². The zero-order valence-corrected chi connectivity index (χ0v) is 21.2. The lowest BCUT2D eigenvalue weighted by molar-refractivity contribution is -0.146. The standard InChI is InChI=1S/C26H29ClFN3O3S/c1-34-18-7-8-24-20(14-18)19(22(27)15-30-24)5-2-4-17-9-11-31(16-21(17)26(32)33)12-13-35-25-23(28)6-3-10-29-25/h3,6-8,10,14-15,17,21H,2,4-5,9,11-13,16H2,1H3,(H,32,33). The molecule has 1 N–H and O–H groups in total. The molecule has 4 rings (SSSR count). The molecule has 186 valence electrons. The minimum Gasteiger partial charge on any atom is -0.497 e. The van der Waals surface area contributed by atoms with Crippen molar-refractivity contribution in [3.05, 3.63) is 59.1 Å². The van der Waals surface area contributed by atoms with Gasteiger partial charge in [-0.1, -0.05) is 11.6 Å². The number of ether oxygens (including phenoxy) is 1. The van der Waals surface area contributed by atoms with Gasteiger partial charge in [0, 0.05) is 36.6 Å². The summed E-state index contributed by atoms with van der Waals surface area (Å²) in [5.41, 5.74) is 1.89. The highest BCUT2D eigenvalue weighted by molar-refractivity contribution is 7.99. The summed E-state index contributed by atoms with van der Waals surface area (Å²) in [6.45, 7) is 2.06. The maximum atomic E-state index is 13.8. The van der Waals surface area contributed by atoms with Crippen LogP contribution < -0.4 is 4.74 Å². The molecule has 0 saturated carbocycles. The van der Waals surface area contributed by atoms with Crippen molar-refractivity contribution in [1.29, 1.82) is 0 Å². The van der Waals surface area contributed by atoms with Gasteiger partial charge < -0.3 is 14.7 Å². The van der Waals surface area contributed by atoms with E-state index in [1.807, 2.05) is 18.2 Å². The summed E-state index contributed by atoms with van der Waals surface area (Å²) < 4.78 is 19.1. The number of hydrogen-bond donors (Lipinski definition) is 1. The highest BCUT2D eigenvalue weighted by Gasteiger charge is 2.33. The number of likely N-dealkylation sites (tertiary alicyclic amines) is 1. The third kappa shape index (κ3) is 6.42. The van der Waals surface area contributed by atoms with Crippen molar-refractivity contribution in [1.82, 2.24) is 14.9 Å². The number of aliphatic carboxylic acids is 1. The molecule has 0 amide bonds. The number of aryl methyl sites for hydroxylation is 1. The number of carboxylic acid groups (broad SMARTS) is 1. The number of rotatable bonds is 10. The first kappa shape index (κ1) is 25.7. The predicted molar refractivity (Wildman–Crippen MR) is 137 cm³/mol. The van der Waals surface area contributed by atoms with Crippen molar-refractivity contribution in [2.24, 2.45) is 11.8 Å². The molecule has 6 nitrogen and oxygen atoms in total. The second-order valence-electron chi connectivity index (χ2n) is 8.79. The smallest absolute Gasteiger partial charge is 0.308 e. The first-order valence-corrected chi connectivity index (χ1v) is 13.1. The number of methoxy groups -OCH3 is 1. The molecule has 0 spiro atoms. The van der Waals surface area contributed by atoms with Gasteiger partial charge in [-0.3, -0.25) is 9.78 Å². The van der Waals surface area contributed by atoms with Crippen LogP contribution in [0.1, 0.15) is 24.8 Å². The number of fused-ring (bicyclic) bond motifs is 1. The third-order valence-electron chi connectivity index (χ3n) is 6.66. The zero-order valence-electron chi connectivity index (χ0n) is 19.6. The van der Waals surface area contributed by atoms with Gasteiger partial charge in [0.2, 0.25) is 0 Å². The summed E-state index contributed by atoms with van der Waals surface area (Å²) in [5, 5.41) is 11.9. The van der Waals surface area contributed by atoms with E-state index in [0.717, 1.165) is 54.4 Å². The number of halogens is 2. The SMILES string of the molecule is COc1ccc2ncc(Cl)c(CCCC3CCN(CCSc4ncccc4F)CC3C(=O)O)c2c1. The fourth-order valence-corrected chi connectivity index (χ4v) is 5.90. The highest BCUT2D eigenvalue weighted by Crippen LogP contribution is 2.32. The summed E-state index contributed by atoms with van der Waals surface area (Å²) in [6.07, 6.45) is 6.51. The van der Waals surface area contributed by atoms with Crippen LogP contribution in [0.25, 0.3) is 10.9 Å². The van der Waals surface area contributed by atoms with Gasteiger partial charge in [0.25, 0.3) is 0 Å². The van der Waals surface area contributed by atoms with E-state index in [0.29, 0.717) is 28.9 Å².